The molecule has 1 aliphatic rings. The third kappa shape index (κ3) is 2.76. The van der Waals surface area contributed by atoms with E-state index in [1.165, 1.54) is 0 Å². The van der Waals surface area contributed by atoms with Crippen molar-refractivity contribution in [1.29, 1.82) is 0 Å². The lowest BCUT2D eigenvalue weighted by atomic mass is 10.2. The third-order valence-corrected chi connectivity index (χ3v) is 4.88. The van der Waals surface area contributed by atoms with Gasteiger partial charge in [0.1, 0.15) is 0 Å². The number of rotatable bonds is 4. The SMILES string of the molecule is CN(C)c1ccccc1NS(=O)(=O)C1CCNC1. The van der Waals surface area contributed by atoms with Gasteiger partial charge in [0.25, 0.3) is 0 Å². The topological polar surface area (TPSA) is 61.4 Å². The fourth-order valence-corrected chi connectivity index (χ4v) is 3.49. The van der Waals surface area contributed by atoms with Gasteiger partial charge in [0.05, 0.1) is 16.6 Å². The van der Waals surface area contributed by atoms with Crippen LogP contribution in [0.5, 0.6) is 0 Å². The number of para-hydroxylation sites is 2. The average Bonchev–Trinajstić information content (AvgIpc) is 2.83. The van der Waals surface area contributed by atoms with Crippen LogP contribution in [0, 0.1) is 0 Å². The van der Waals surface area contributed by atoms with Gasteiger partial charge >= 0.3 is 0 Å². The fourth-order valence-electron chi connectivity index (χ4n) is 2.08. The molecule has 2 N–H and O–H groups in total. The van der Waals surface area contributed by atoms with E-state index in [1.807, 2.05) is 37.2 Å². The van der Waals surface area contributed by atoms with Crippen molar-refractivity contribution in [2.45, 2.75) is 11.7 Å². The normalized spacial score (nSPS) is 19.8. The Labute approximate surface area is 108 Å². The predicted molar refractivity (Wildman–Crippen MR) is 74.6 cm³/mol. The summed E-state index contributed by atoms with van der Waals surface area (Å²) in [6.07, 6.45) is 0.666. The van der Waals surface area contributed by atoms with Gasteiger partial charge in [-0.25, -0.2) is 8.42 Å². The van der Waals surface area contributed by atoms with Crippen LogP contribution in [-0.4, -0.2) is 40.9 Å². The van der Waals surface area contributed by atoms with E-state index in [1.54, 1.807) is 6.07 Å². The molecule has 1 unspecified atom stereocenters. The molecule has 1 aliphatic heterocycles. The number of nitrogens with zero attached hydrogens (tertiary/aromatic N) is 1. The van der Waals surface area contributed by atoms with Crippen LogP contribution in [0.25, 0.3) is 0 Å². The average molecular weight is 269 g/mol. The van der Waals surface area contributed by atoms with Gasteiger partial charge in [-0.2, -0.15) is 0 Å². The second kappa shape index (κ2) is 5.16. The molecule has 1 aromatic rings. The molecule has 1 fully saturated rings. The van der Waals surface area contributed by atoms with Crippen molar-refractivity contribution in [2.75, 3.05) is 36.8 Å². The van der Waals surface area contributed by atoms with Gasteiger partial charge in [-0.05, 0) is 25.1 Å². The van der Waals surface area contributed by atoms with Gasteiger partial charge < -0.3 is 10.2 Å². The van der Waals surface area contributed by atoms with Crippen molar-refractivity contribution < 1.29 is 8.42 Å². The van der Waals surface area contributed by atoms with Crippen LogP contribution in [0.3, 0.4) is 0 Å². The Morgan fingerprint density at radius 2 is 2.06 bits per heavy atom. The van der Waals surface area contributed by atoms with Crippen molar-refractivity contribution in [2.24, 2.45) is 0 Å². The summed E-state index contributed by atoms with van der Waals surface area (Å²) in [5.74, 6) is 0. The molecule has 1 atom stereocenters. The molecule has 0 aromatic heterocycles. The molecule has 18 heavy (non-hydrogen) atoms. The highest BCUT2D eigenvalue weighted by atomic mass is 32.2. The van der Waals surface area contributed by atoms with E-state index in [0.717, 1.165) is 12.2 Å². The van der Waals surface area contributed by atoms with Crippen LogP contribution in [0.15, 0.2) is 24.3 Å². The predicted octanol–water partition coefficient (Wildman–Crippen LogP) is 0.856. The Bertz CT molecular complexity index is 508. The van der Waals surface area contributed by atoms with Gasteiger partial charge in [-0.1, -0.05) is 12.1 Å². The fraction of sp³-hybridized carbons (Fsp3) is 0.500. The number of sulfonamides is 1. The highest BCUT2D eigenvalue weighted by Gasteiger charge is 2.29. The number of nitrogens with one attached hydrogen (secondary N) is 2. The first-order valence-electron chi connectivity index (χ1n) is 5.99. The van der Waals surface area contributed by atoms with Gasteiger partial charge in [-0.15, -0.1) is 0 Å². The summed E-state index contributed by atoms with van der Waals surface area (Å²) in [6.45, 7) is 1.29. The molecule has 6 heteroatoms. The van der Waals surface area contributed by atoms with Crippen LogP contribution < -0.4 is 14.9 Å². The minimum atomic E-state index is -3.31. The summed E-state index contributed by atoms with van der Waals surface area (Å²) < 4.78 is 27.1. The first kappa shape index (κ1) is 13.2. The summed E-state index contributed by atoms with van der Waals surface area (Å²) in [5.41, 5.74) is 1.50. The molecule has 100 valence electrons. The maximum absolute atomic E-state index is 12.2. The van der Waals surface area contributed by atoms with E-state index in [0.29, 0.717) is 18.7 Å². The lowest BCUT2D eigenvalue weighted by Gasteiger charge is -2.20. The van der Waals surface area contributed by atoms with Crippen LogP contribution in [0.1, 0.15) is 6.42 Å². The third-order valence-electron chi connectivity index (χ3n) is 3.09. The smallest absolute Gasteiger partial charge is 0.236 e. The van der Waals surface area contributed by atoms with Crippen molar-refractivity contribution in [3.63, 3.8) is 0 Å². The van der Waals surface area contributed by atoms with Crippen LogP contribution in [0.4, 0.5) is 11.4 Å². The maximum atomic E-state index is 12.2. The second-order valence-electron chi connectivity index (χ2n) is 4.67. The molecular formula is C12H19N3O2S. The van der Waals surface area contributed by atoms with E-state index in [2.05, 4.69) is 10.0 Å². The zero-order valence-electron chi connectivity index (χ0n) is 10.7. The van der Waals surface area contributed by atoms with Crippen molar-refractivity contribution in [1.82, 2.24) is 5.32 Å². The Morgan fingerprint density at radius 3 is 2.67 bits per heavy atom. The summed E-state index contributed by atoms with van der Waals surface area (Å²) in [6, 6.07) is 7.40. The standard InChI is InChI=1S/C12H19N3O2S/c1-15(2)12-6-4-3-5-11(12)14-18(16,17)10-7-8-13-9-10/h3-6,10,13-14H,7-9H2,1-2H3. The first-order valence-corrected chi connectivity index (χ1v) is 7.54. The van der Waals surface area contributed by atoms with E-state index in [9.17, 15) is 8.42 Å². The highest BCUT2D eigenvalue weighted by molar-refractivity contribution is 7.93. The van der Waals surface area contributed by atoms with Gasteiger partial charge in [0, 0.05) is 20.6 Å². The molecule has 2 rings (SSSR count). The monoisotopic (exact) mass is 269 g/mol. The minimum Gasteiger partial charge on any atom is -0.376 e. The Morgan fingerprint density at radius 1 is 1.33 bits per heavy atom. The maximum Gasteiger partial charge on any atom is 0.236 e. The van der Waals surface area contributed by atoms with Gasteiger partial charge in [0.15, 0.2) is 0 Å². The Hall–Kier alpha value is -1.27. The molecule has 0 saturated carbocycles. The molecule has 1 saturated heterocycles. The quantitative estimate of drug-likeness (QED) is 0.851. The number of hydrogen-bond acceptors (Lipinski definition) is 4. The van der Waals surface area contributed by atoms with E-state index in [4.69, 9.17) is 0 Å². The molecule has 5 nitrogen and oxygen atoms in total. The Kier molecular flexibility index (Phi) is 3.77. The summed E-state index contributed by atoms with van der Waals surface area (Å²) >= 11 is 0. The summed E-state index contributed by atoms with van der Waals surface area (Å²) in [7, 11) is 0.478. The van der Waals surface area contributed by atoms with Crippen LogP contribution >= 0.6 is 0 Å². The number of hydrogen-bond donors (Lipinski definition) is 2. The molecule has 1 aromatic carbocycles. The second-order valence-corrected chi connectivity index (χ2v) is 6.63. The van der Waals surface area contributed by atoms with Crippen molar-refractivity contribution in [3.05, 3.63) is 24.3 Å². The van der Waals surface area contributed by atoms with Crippen molar-refractivity contribution >= 4 is 21.4 Å². The summed E-state index contributed by atoms with van der Waals surface area (Å²) in [4.78, 5) is 1.89. The van der Waals surface area contributed by atoms with Crippen molar-refractivity contribution in [3.8, 4) is 0 Å². The largest absolute Gasteiger partial charge is 0.376 e. The van der Waals surface area contributed by atoms with E-state index in [-0.39, 0.29) is 5.25 Å². The van der Waals surface area contributed by atoms with E-state index < -0.39 is 10.0 Å². The lowest BCUT2D eigenvalue weighted by molar-refractivity contribution is 0.588. The zero-order valence-corrected chi connectivity index (χ0v) is 11.5. The highest BCUT2D eigenvalue weighted by Crippen LogP contribution is 2.26. The molecule has 0 aliphatic carbocycles. The van der Waals surface area contributed by atoms with Crippen LogP contribution in [-0.2, 0) is 10.0 Å². The lowest BCUT2D eigenvalue weighted by Crippen LogP contribution is -2.30. The molecular weight excluding hydrogens is 250 g/mol. The van der Waals surface area contributed by atoms with Gasteiger partial charge in [0.2, 0.25) is 10.0 Å². The van der Waals surface area contributed by atoms with E-state index >= 15 is 0 Å². The Balaban J connectivity index is 2.23. The molecule has 0 bridgehead atoms. The molecule has 0 radical (unpaired) electrons. The number of anilines is 2. The first-order chi connectivity index (χ1) is 8.50. The zero-order chi connectivity index (χ0) is 13.2. The van der Waals surface area contributed by atoms with Gasteiger partial charge in [-0.3, -0.25) is 4.72 Å². The molecule has 0 spiro atoms. The molecule has 1 heterocycles. The number of benzene rings is 1. The minimum absolute atomic E-state index is 0.340. The summed E-state index contributed by atoms with van der Waals surface area (Å²) in [5, 5.41) is 2.73. The molecule has 0 amide bonds. The van der Waals surface area contributed by atoms with Crippen LogP contribution in [0.2, 0.25) is 0 Å².